The van der Waals surface area contributed by atoms with Crippen LogP contribution in [-0.2, 0) is 20.5 Å². The Hall–Kier alpha value is -3.49. The molecule has 1 N–H and O–H groups in total. The van der Waals surface area contributed by atoms with Crippen molar-refractivity contribution < 1.29 is 14.5 Å². The summed E-state index contributed by atoms with van der Waals surface area (Å²) >= 11 is 0. The summed E-state index contributed by atoms with van der Waals surface area (Å²) in [5.41, 5.74) is 0.998. The number of nitrogens with zero attached hydrogens (tertiary/aromatic N) is 4. The molecule has 2 aromatic rings. The number of anilines is 1. The normalized spacial score (nSPS) is 12.1. The summed E-state index contributed by atoms with van der Waals surface area (Å²) in [7, 11) is 0. The van der Waals surface area contributed by atoms with Crippen molar-refractivity contribution in [2.45, 2.75) is 72.3 Å². The fourth-order valence-corrected chi connectivity index (χ4v) is 3.30. The first kappa shape index (κ1) is 27.8. The van der Waals surface area contributed by atoms with Gasteiger partial charge < -0.3 is 10.2 Å². The summed E-state index contributed by atoms with van der Waals surface area (Å²) < 4.78 is 1.80. The molecule has 0 aliphatic rings. The van der Waals surface area contributed by atoms with Crippen molar-refractivity contribution in [1.82, 2.24) is 14.7 Å². The minimum Gasteiger partial charge on any atom is -0.330 e. The summed E-state index contributed by atoms with van der Waals surface area (Å²) in [6, 6.07) is 7.81. The highest BCUT2D eigenvalue weighted by Crippen LogP contribution is 2.28. The van der Waals surface area contributed by atoms with Crippen molar-refractivity contribution in [3.8, 4) is 0 Å². The van der Waals surface area contributed by atoms with Crippen LogP contribution in [0.2, 0.25) is 0 Å². The Morgan fingerprint density at radius 1 is 1.14 bits per heavy atom. The average molecular weight is 484 g/mol. The van der Waals surface area contributed by atoms with Gasteiger partial charge in [-0.15, -0.1) is 0 Å². The highest BCUT2D eigenvalue weighted by Gasteiger charge is 2.26. The van der Waals surface area contributed by atoms with E-state index in [-0.39, 0.29) is 35.0 Å². The number of hydrogen-bond donors (Lipinski definition) is 1. The molecular weight excluding hydrogens is 446 g/mol. The maximum absolute atomic E-state index is 13.0. The van der Waals surface area contributed by atoms with Crippen LogP contribution in [0.5, 0.6) is 0 Å². The highest BCUT2D eigenvalue weighted by atomic mass is 16.6. The first-order chi connectivity index (χ1) is 16.2. The topological polar surface area (TPSA) is 110 Å². The van der Waals surface area contributed by atoms with Crippen LogP contribution in [0.3, 0.4) is 0 Å². The minimum atomic E-state index is -0.472. The van der Waals surface area contributed by atoms with Gasteiger partial charge in [0.25, 0.3) is 5.69 Å². The monoisotopic (exact) mass is 483 g/mol. The molecule has 1 heterocycles. The standard InChI is InChI=1S/C26H37N5O4/c1-8-9-16-29(24(33)15-12-19-10-13-20(14-11-19)31(34)35)18-23(32)27-22-17-21(25(2,3)4)28-30(22)26(5,6)7/h10-15,17H,8-9,16,18H2,1-7H3,(H,27,32)/b15-12+. The van der Waals surface area contributed by atoms with E-state index in [0.29, 0.717) is 17.9 Å². The maximum atomic E-state index is 13.0. The molecule has 0 aliphatic heterocycles. The van der Waals surface area contributed by atoms with Gasteiger partial charge in [0.2, 0.25) is 11.8 Å². The molecule has 2 rings (SSSR count). The number of rotatable bonds is 9. The zero-order valence-corrected chi connectivity index (χ0v) is 21.8. The van der Waals surface area contributed by atoms with Crippen LogP contribution in [0, 0.1) is 10.1 Å². The van der Waals surface area contributed by atoms with E-state index in [2.05, 4.69) is 26.1 Å². The van der Waals surface area contributed by atoms with Crippen molar-refractivity contribution in [3.63, 3.8) is 0 Å². The van der Waals surface area contributed by atoms with Gasteiger partial charge in [-0.25, -0.2) is 4.68 Å². The molecule has 9 heteroatoms. The van der Waals surface area contributed by atoms with Gasteiger partial charge >= 0.3 is 0 Å². The first-order valence-corrected chi connectivity index (χ1v) is 11.8. The van der Waals surface area contributed by atoms with Crippen molar-refractivity contribution in [3.05, 3.63) is 57.8 Å². The third kappa shape index (κ3) is 8.05. The Balaban J connectivity index is 2.17. The maximum Gasteiger partial charge on any atom is 0.269 e. The van der Waals surface area contributed by atoms with E-state index >= 15 is 0 Å². The van der Waals surface area contributed by atoms with Gasteiger partial charge in [0.05, 0.1) is 16.2 Å². The number of unbranched alkanes of at least 4 members (excludes halogenated alkanes) is 1. The molecule has 0 atom stereocenters. The molecule has 1 aromatic carbocycles. The van der Waals surface area contributed by atoms with E-state index in [0.717, 1.165) is 18.5 Å². The molecule has 0 fully saturated rings. The predicted molar refractivity (Wildman–Crippen MR) is 138 cm³/mol. The van der Waals surface area contributed by atoms with E-state index in [9.17, 15) is 19.7 Å². The molecule has 0 spiro atoms. The van der Waals surface area contributed by atoms with E-state index in [1.165, 1.54) is 23.1 Å². The summed E-state index contributed by atoms with van der Waals surface area (Å²) in [6.07, 6.45) is 4.62. The number of carbonyl (C=O) groups is 2. The quantitative estimate of drug-likeness (QED) is 0.302. The lowest BCUT2D eigenvalue weighted by atomic mass is 9.92. The summed E-state index contributed by atoms with van der Waals surface area (Å²) in [4.78, 5) is 37.7. The molecule has 0 saturated carbocycles. The Morgan fingerprint density at radius 3 is 2.29 bits per heavy atom. The van der Waals surface area contributed by atoms with Gasteiger partial charge in [0.1, 0.15) is 12.4 Å². The van der Waals surface area contributed by atoms with Gasteiger partial charge in [0, 0.05) is 36.2 Å². The molecule has 0 unspecified atom stereocenters. The van der Waals surface area contributed by atoms with Crippen molar-refractivity contribution in [2.24, 2.45) is 0 Å². The summed E-state index contributed by atoms with van der Waals surface area (Å²) in [6.45, 7) is 14.6. The molecule has 190 valence electrons. The van der Waals surface area contributed by atoms with Gasteiger partial charge in [-0.2, -0.15) is 5.10 Å². The highest BCUT2D eigenvalue weighted by molar-refractivity contribution is 5.97. The Morgan fingerprint density at radius 2 is 1.77 bits per heavy atom. The molecular formula is C26H37N5O4. The number of nitro benzene ring substituents is 1. The van der Waals surface area contributed by atoms with E-state index in [4.69, 9.17) is 5.10 Å². The second-order valence-electron chi connectivity index (χ2n) is 10.6. The van der Waals surface area contributed by atoms with Crippen molar-refractivity contribution in [1.29, 1.82) is 0 Å². The third-order valence-electron chi connectivity index (χ3n) is 5.33. The average Bonchev–Trinajstić information content (AvgIpc) is 3.20. The first-order valence-electron chi connectivity index (χ1n) is 11.8. The third-order valence-corrected chi connectivity index (χ3v) is 5.33. The fraction of sp³-hybridized carbons (Fsp3) is 0.500. The fourth-order valence-electron chi connectivity index (χ4n) is 3.30. The largest absolute Gasteiger partial charge is 0.330 e. The molecule has 0 saturated heterocycles. The number of hydrogen-bond acceptors (Lipinski definition) is 5. The number of non-ortho nitro benzene ring substituents is 1. The number of amides is 2. The van der Waals surface area contributed by atoms with Crippen molar-refractivity contribution in [2.75, 3.05) is 18.4 Å². The van der Waals surface area contributed by atoms with Crippen LogP contribution in [-0.4, -0.2) is 44.5 Å². The summed E-state index contributed by atoms with van der Waals surface area (Å²) in [5, 5.41) is 18.5. The Bertz CT molecular complexity index is 1070. The zero-order chi connectivity index (χ0) is 26.4. The Labute approximate surface area is 207 Å². The van der Waals surface area contributed by atoms with Crippen molar-refractivity contribution >= 4 is 29.4 Å². The van der Waals surface area contributed by atoms with Crippen LogP contribution >= 0.6 is 0 Å². The SMILES string of the molecule is CCCCN(CC(=O)Nc1cc(C(C)(C)C)nn1C(C)(C)C)C(=O)/C=C/c1ccc([N+](=O)[O-])cc1. The van der Waals surface area contributed by atoms with E-state index < -0.39 is 4.92 Å². The van der Waals surface area contributed by atoms with E-state index in [1.807, 2.05) is 33.8 Å². The summed E-state index contributed by atoms with van der Waals surface area (Å²) in [5.74, 6) is -0.00699. The van der Waals surface area contributed by atoms with Gasteiger partial charge in [-0.3, -0.25) is 19.7 Å². The zero-order valence-electron chi connectivity index (χ0n) is 21.8. The minimum absolute atomic E-state index is 0.0150. The number of aromatic nitrogens is 2. The second kappa shape index (κ2) is 11.3. The molecule has 0 aliphatic carbocycles. The molecule has 2 amide bonds. The second-order valence-corrected chi connectivity index (χ2v) is 10.6. The lowest BCUT2D eigenvalue weighted by Gasteiger charge is -2.24. The molecule has 35 heavy (non-hydrogen) atoms. The van der Waals surface area contributed by atoms with E-state index in [1.54, 1.807) is 22.9 Å². The lowest BCUT2D eigenvalue weighted by Crippen LogP contribution is -2.38. The van der Waals surface area contributed by atoms with Crippen LogP contribution in [0.1, 0.15) is 72.6 Å². The number of nitrogens with one attached hydrogen (secondary N) is 1. The van der Waals surface area contributed by atoms with Gasteiger partial charge in [0.15, 0.2) is 0 Å². The van der Waals surface area contributed by atoms with Crippen LogP contribution in [0.25, 0.3) is 6.08 Å². The predicted octanol–water partition coefficient (Wildman–Crippen LogP) is 5.12. The molecule has 9 nitrogen and oxygen atoms in total. The van der Waals surface area contributed by atoms with Crippen LogP contribution in [0.4, 0.5) is 11.5 Å². The smallest absolute Gasteiger partial charge is 0.269 e. The lowest BCUT2D eigenvalue weighted by molar-refractivity contribution is -0.384. The Kier molecular flexibility index (Phi) is 8.95. The molecule has 1 aromatic heterocycles. The van der Waals surface area contributed by atoms with Crippen LogP contribution < -0.4 is 5.32 Å². The number of benzene rings is 1. The number of nitro groups is 1. The van der Waals surface area contributed by atoms with Gasteiger partial charge in [-0.1, -0.05) is 34.1 Å². The van der Waals surface area contributed by atoms with Crippen LogP contribution in [0.15, 0.2) is 36.4 Å². The number of carbonyl (C=O) groups excluding carboxylic acids is 2. The molecule has 0 radical (unpaired) electrons. The molecule has 0 bridgehead atoms. The van der Waals surface area contributed by atoms with Gasteiger partial charge in [-0.05, 0) is 51.0 Å².